The summed E-state index contributed by atoms with van der Waals surface area (Å²) < 4.78 is 21.9. The lowest BCUT2D eigenvalue weighted by Gasteiger charge is -2.57. The second-order valence-corrected chi connectivity index (χ2v) is 8.78. The molecule has 11 heteroatoms. The van der Waals surface area contributed by atoms with Crippen LogP contribution in [0.5, 0.6) is 0 Å². The van der Waals surface area contributed by atoms with Crippen molar-refractivity contribution < 1.29 is 42.9 Å². The summed E-state index contributed by atoms with van der Waals surface area (Å²) in [5.41, 5.74) is -1.53. The van der Waals surface area contributed by atoms with Gasteiger partial charge in [0, 0.05) is 26.7 Å². The largest absolute Gasteiger partial charge is 0.464 e. The number of amides is 2. The first kappa shape index (κ1) is 24.5. The third-order valence-corrected chi connectivity index (χ3v) is 5.97. The average molecular weight is 466 g/mol. The number of likely N-dealkylation sites (tertiary alicyclic amines) is 1. The lowest BCUT2D eigenvalue weighted by molar-refractivity contribution is -0.223. The molecule has 0 aromatic heterocycles. The highest BCUT2D eigenvalue weighted by Gasteiger charge is 2.71. The molecule has 3 fully saturated rings. The van der Waals surface area contributed by atoms with E-state index in [2.05, 4.69) is 5.32 Å². The van der Waals surface area contributed by atoms with Gasteiger partial charge in [-0.1, -0.05) is 19.9 Å². The summed E-state index contributed by atoms with van der Waals surface area (Å²) in [7, 11) is 0. The van der Waals surface area contributed by atoms with Gasteiger partial charge in [0.2, 0.25) is 5.91 Å². The first-order valence-corrected chi connectivity index (χ1v) is 11.0. The van der Waals surface area contributed by atoms with Crippen LogP contribution >= 0.6 is 0 Å². The molecule has 2 amide bonds. The number of rotatable bonds is 6. The van der Waals surface area contributed by atoms with E-state index in [-0.39, 0.29) is 25.4 Å². The minimum atomic E-state index is -1.53. The number of ether oxygens (including phenoxy) is 4. The van der Waals surface area contributed by atoms with Crippen molar-refractivity contribution in [3.8, 4) is 0 Å². The Bertz CT molecular complexity index is 870. The maximum Gasteiger partial charge on any atom is 0.408 e. The standard InChI is InChI=1S/C22H30N2O9/c1-6-30-20(28)17-18-22(33-21(29)23-18)10-14(31-12(4)25)9-15(19(22)32-13(5)26)24(17)16(27)8-7-11(2)3/h7-8,11,14-15,17-19H,6,9-10H2,1-5H3,(H,23,29)/b8-7+/t14-,15-,17-,18+,19+,22+/m1/s1. The van der Waals surface area contributed by atoms with Gasteiger partial charge in [0.25, 0.3) is 0 Å². The van der Waals surface area contributed by atoms with Crippen molar-refractivity contribution in [2.24, 2.45) is 5.92 Å². The molecule has 2 aliphatic heterocycles. The highest BCUT2D eigenvalue weighted by atomic mass is 16.6. The average Bonchev–Trinajstić information content (AvgIpc) is 3.00. The van der Waals surface area contributed by atoms with Gasteiger partial charge in [0.15, 0.2) is 17.7 Å². The van der Waals surface area contributed by atoms with E-state index in [4.69, 9.17) is 18.9 Å². The molecule has 2 bridgehead atoms. The summed E-state index contributed by atoms with van der Waals surface area (Å²) in [4.78, 5) is 63.8. The van der Waals surface area contributed by atoms with Gasteiger partial charge in [-0.25, -0.2) is 9.59 Å². The smallest absolute Gasteiger partial charge is 0.408 e. The van der Waals surface area contributed by atoms with Crippen LogP contribution in [0, 0.1) is 5.92 Å². The van der Waals surface area contributed by atoms with Crippen molar-refractivity contribution in [1.82, 2.24) is 10.2 Å². The van der Waals surface area contributed by atoms with Crippen molar-refractivity contribution in [2.45, 2.75) is 83.4 Å². The number of esters is 3. The molecular weight excluding hydrogens is 436 g/mol. The van der Waals surface area contributed by atoms with E-state index in [0.29, 0.717) is 0 Å². The third-order valence-electron chi connectivity index (χ3n) is 5.97. The Kier molecular flexibility index (Phi) is 6.99. The quantitative estimate of drug-likeness (QED) is 0.343. The van der Waals surface area contributed by atoms with Crippen LogP contribution in [0.15, 0.2) is 12.2 Å². The van der Waals surface area contributed by atoms with E-state index in [1.165, 1.54) is 24.8 Å². The number of allylic oxidation sites excluding steroid dienone is 1. The van der Waals surface area contributed by atoms with Crippen LogP contribution in [0.3, 0.4) is 0 Å². The number of carbonyl (C=O) groups is 5. The summed E-state index contributed by atoms with van der Waals surface area (Å²) in [6.45, 7) is 7.91. The molecular formula is C22H30N2O9. The maximum atomic E-state index is 13.4. The van der Waals surface area contributed by atoms with E-state index >= 15 is 0 Å². The van der Waals surface area contributed by atoms with Crippen LogP contribution in [-0.2, 0) is 38.1 Å². The molecule has 0 aromatic carbocycles. The molecule has 0 unspecified atom stereocenters. The number of alkyl carbamates (subject to hydrolysis) is 1. The van der Waals surface area contributed by atoms with E-state index in [1.54, 1.807) is 13.0 Å². The van der Waals surface area contributed by atoms with Gasteiger partial charge in [0.1, 0.15) is 12.1 Å². The molecule has 1 N–H and O–H groups in total. The normalized spacial score (nSPS) is 32.6. The van der Waals surface area contributed by atoms with Gasteiger partial charge in [-0.3, -0.25) is 14.4 Å². The summed E-state index contributed by atoms with van der Waals surface area (Å²) in [5.74, 6) is -2.38. The molecule has 33 heavy (non-hydrogen) atoms. The zero-order valence-corrected chi connectivity index (χ0v) is 19.4. The van der Waals surface area contributed by atoms with Crippen molar-refractivity contribution in [3.05, 3.63) is 12.2 Å². The monoisotopic (exact) mass is 466 g/mol. The fourth-order valence-electron chi connectivity index (χ4n) is 4.98. The Balaban J connectivity index is 2.16. The Hall–Kier alpha value is -3.11. The van der Waals surface area contributed by atoms with Gasteiger partial charge in [0.05, 0.1) is 12.6 Å². The van der Waals surface area contributed by atoms with Gasteiger partial charge >= 0.3 is 24.0 Å². The molecule has 2 saturated heterocycles. The Labute approximate surface area is 191 Å². The Morgan fingerprint density at radius 3 is 2.45 bits per heavy atom. The number of nitrogens with zero attached hydrogens (tertiary/aromatic N) is 1. The highest BCUT2D eigenvalue weighted by Crippen LogP contribution is 2.49. The summed E-state index contributed by atoms with van der Waals surface area (Å²) in [6.07, 6.45) is 0.436. The van der Waals surface area contributed by atoms with E-state index in [9.17, 15) is 24.0 Å². The predicted molar refractivity (Wildman–Crippen MR) is 112 cm³/mol. The van der Waals surface area contributed by atoms with Crippen LogP contribution in [0.25, 0.3) is 0 Å². The number of hydrogen-bond acceptors (Lipinski definition) is 9. The zero-order valence-electron chi connectivity index (χ0n) is 19.4. The lowest BCUT2D eigenvalue weighted by Crippen LogP contribution is -2.79. The van der Waals surface area contributed by atoms with Crippen LogP contribution < -0.4 is 5.32 Å². The summed E-state index contributed by atoms with van der Waals surface area (Å²) >= 11 is 0. The van der Waals surface area contributed by atoms with Gasteiger partial charge in [-0.2, -0.15) is 0 Å². The zero-order chi connectivity index (χ0) is 24.5. The van der Waals surface area contributed by atoms with Crippen molar-refractivity contribution in [3.63, 3.8) is 0 Å². The van der Waals surface area contributed by atoms with Crippen LogP contribution in [0.2, 0.25) is 0 Å². The van der Waals surface area contributed by atoms with Crippen molar-refractivity contribution in [2.75, 3.05) is 6.61 Å². The first-order chi connectivity index (χ1) is 15.5. The molecule has 0 radical (unpaired) electrons. The molecule has 1 aliphatic carbocycles. The first-order valence-electron chi connectivity index (χ1n) is 11.0. The SMILES string of the molecule is CCOC(=O)[C@H]1[C@@H]2NC(=O)O[C@@]23C[C@H](OC(C)=O)C[C@H]([C@@H]3OC(C)=O)N1C(=O)/C=C/C(C)C. The summed E-state index contributed by atoms with van der Waals surface area (Å²) in [5, 5.41) is 2.61. The minimum Gasteiger partial charge on any atom is -0.464 e. The second-order valence-electron chi connectivity index (χ2n) is 8.78. The van der Waals surface area contributed by atoms with Crippen molar-refractivity contribution in [1.29, 1.82) is 0 Å². The van der Waals surface area contributed by atoms with Crippen LogP contribution in [0.1, 0.15) is 47.5 Å². The fourth-order valence-corrected chi connectivity index (χ4v) is 4.98. The molecule has 6 atom stereocenters. The third kappa shape index (κ3) is 4.67. The number of fused-ring (bicyclic) bond motifs is 1. The molecule has 2 heterocycles. The number of nitrogens with one attached hydrogen (secondary N) is 1. The summed E-state index contributed by atoms with van der Waals surface area (Å²) in [6, 6.07) is -3.22. The van der Waals surface area contributed by atoms with Gasteiger partial charge in [-0.15, -0.1) is 0 Å². The molecule has 3 aliphatic rings. The Morgan fingerprint density at radius 1 is 1.21 bits per heavy atom. The highest BCUT2D eigenvalue weighted by molar-refractivity contribution is 5.93. The molecule has 1 spiro atoms. The predicted octanol–water partition coefficient (Wildman–Crippen LogP) is 0.846. The van der Waals surface area contributed by atoms with Crippen LogP contribution in [0.4, 0.5) is 4.79 Å². The van der Waals surface area contributed by atoms with E-state index in [1.807, 2.05) is 13.8 Å². The molecule has 11 nitrogen and oxygen atoms in total. The van der Waals surface area contributed by atoms with Gasteiger partial charge in [-0.05, 0) is 18.9 Å². The molecule has 3 rings (SSSR count). The fraction of sp³-hybridized carbons (Fsp3) is 0.682. The van der Waals surface area contributed by atoms with Crippen LogP contribution in [-0.4, -0.2) is 77.3 Å². The van der Waals surface area contributed by atoms with Crippen molar-refractivity contribution >= 4 is 29.9 Å². The lowest BCUT2D eigenvalue weighted by atomic mass is 9.66. The number of carbonyl (C=O) groups excluding carboxylic acids is 5. The number of hydrogen-bond donors (Lipinski definition) is 1. The minimum absolute atomic E-state index is 0.00972. The molecule has 1 saturated carbocycles. The Morgan fingerprint density at radius 2 is 1.88 bits per heavy atom. The maximum absolute atomic E-state index is 13.4. The van der Waals surface area contributed by atoms with E-state index in [0.717, 1.165) is 0 Å². The van der Waals surface area contributed by atoms with Gasteiger partial charge < -0.3 is 29.2 Å². The topological polar surface area (TPSA) is 138 Å². The number of piperidine rings is 1. The second kappa shape index (κ2) is 9.40. The molecule has 182 valence electrons. The molecule has 0 aromatic rings. The van der Waals surface area contributed by atoms with E-state index < -0.39 is 65.8 Å².